The molecule has 2 aromatic carbocycles. The molecular weight excluding hydrogens is 584 g/mol. The summed E-state index contributed by atoms with van der Waals surface area (Å²) >= 11 is 19.2. The highest BCUT2D eigenvalue weighted by atomic mass is 35.5. The summed E-state index contributed by atoms with van der Waals surface area (Å²) < 4.78 is 25.5. The lowest BCUT2D eigenvalue weighted by Crippen LogP contribution is -2.60. The number of nitrogens with zero attached hydrogens (tertiary/aromatic N) is 3. The van der Waals surface area contributed by atoms with Crippen LogP contribution < -0.4 is 9.64 Å². The maximum absolute atomic E-state index is 13.8. The summed E-state index contributed by atoms with van der Waals surface area (Å²) in [5, 5.41) is 25.0. The Bertz CT molecular complexity index is 1600. The zero-order valence-electron chi connectivity index (χ0n) is 20.7. The number of hydrogen-bond donors (Lipinski definition) is 2. The lowest BCUT2D eigenvalue weighted by Gasteiger charge is -2.47. The number of aromatic carboxylic acids is 1. The Balaban J connectivity index is 1.18. The van der Waals surface area contributed by atoms with E-state index in [1.165, 1.54) is 24.4 Å². The molecule has 12 heteroatoms. The lowest BCUT2D eigenvalue weighted by atomic mass is 9.86. The Kier molecular flexibility index (Phi) is 6.86. The van der Waals surface area contributed by atoms with Crippen molar-refractivity contribution in [2.24, 2.45) is 0 Å². The number of hydrogen-bond acceptors (Lipinski definition) is 7. The summed E-state index contributed by atoms with van der Waals surface area (Å²) in [6.07, 6.45) is 3.20. The first-order chi connectivity index (χ1) is 19.1. The molecule has 0 unspecified atom stereocenters. The molecule has 6 rings (SSSR count). The summed E-state index contributed by atoms with van der Waals surface area (Å²) in [4.78, 5) is 17.0. The van der Waals surface area contributed by atoms with E-state index in [0.717, 1.165) is 12.8 Å². The minimum atomic E-state index is -1.21. The topological polar surface area (TPSA) is 109 Å². The van der Waals surface area contributed by atoms with E-state index in [1.54, 1.807) is 24.3 Å². The largest absolute Gasteiger partial charge is 0.489 e. The van der Waals surface area contributed by atoms with E-state index in [1.807, 2.05) is 4.90 Å². The number of ether oxygens (including phenoxy) is 1. The third-order valence-corrected chi connectivity index (χ3v) is 7.97. The van der Waals surface area contributed by atoms with Crippen LogP contribution in [-0.2, 0) is 12.2 Å². The molecule has 0 bridgehead atoms. The number of aromatic nitrogens is 2. The van der Waals surface area contributed by atoms with E-state index in [4.69, 9.17) is 49.2 Å². The molecular formula is C28H21Cl3FN3O5. The van der Waals surface area contributed by atoms with Gasteiger partial charge in [-0.1, -0.05) is 46.0 Å². The molecule has 3 heterocycles. The first kappa shape index (κ1) is 26.8. The summed E-state index contributed by atoms with van der Waals surface area (Å²) in [5.74, 6) is 0.311. The Morgan fingerprint density at radius 1 is 1.10 bits per heavy atom. The van der Waals surface area contributed by atoms with Crippen LogP contribution in [0.25, 0.3) is 11.3 Å². The molecule has 1 saturated heterocycles. The standard InChI is InChI=1S/C28H21Cl3FN3O5/c29-20-9-17(4-5-19(20)28(38)12-35(13-28)23-6-3-15(10-33-23)27(36)37)39-11-18-25(34-40-26(18)14-1-2-14)24-21(30)7-16(32)8-22(24)31/h3-10,14,38H,1-2,11-13H2,(H,36,37). The molecule has 0 spiro atoms. The highest BCUT2D eigenvalue weighted by Crippen LogP contribution is 2.46. The number of pyridine rings is 1. The van der Waals surface area contributed by atoms with Crippen LogP contribution in [0.1, 0.15) is 46.0 Å². The van der Waals surface area contributed by atoms with E-state index in [0.29, 0.717) is 44.7 Å². The SMILES string of the molecule is O=C(O)c1ccc(N2CC(O)(c3ccc(OCc4c(-c5c(Cl)cc(F)cc5Cl)noc4C4CC4)cc3Cl)C2)nc1. The van der Waals surface area contributed by atoms with Gasteiger partial charge in [-0.25, -0.2) is 14.2 Å². The average molecular weight is 605 g/mol. The highest BCUT2D eigenvalue weighted by molar-refractivity contribution is 6.39. The molecule has 1 aliphatic heterocycles. The van der Waals surface area contributed by atoms with Crippen molar-refractivity contribution in [2.45, 2.75) is 31.0 Å². The maximum Gasteiger partial charge on any atom is 0.337 e. The number of halogens is 4. The Morgan fingerprint density at radius 3 is 2.42 bits per heavy atom. The number of carbonyl (C=O) groups is 1. The lowest BCUT2D eigenvalue weighted by molar-refractivity contribution is 0.00710. The van der Waals surface area contributed by atoms with Gasteiger partial charge in [0.1, 0.15) is 41.0 Å². The van der Waals surface area contributed by atoms with Crippen LogP contribution in [0.5, 0.6) is 5.75 Å². The van der Waals surface area contributed by atoms with Gasteiger partial charge < -0.3 is 24.4 Å². The summed E-state index contributed by atoms with van der Waals surface area (Å²) in [5.41, 5.74) is 0.857. The predicted octanol–water partition coefficient (Wildman–Crippen LogP) is 6.70. The van der Waals surface area contributed by atoms with E-state index in [2.05, 4.69) is 10.1 Å². The first-order valence-corrected chi connectivity index (χ1v) is 13.5. The van der Waals surface area contributed by atoms with Crippen molar-refractivity contribution in [1.29, 1.82) is 0 Å². The second kappa shape index (κ2) is 10.2. The smallest absolute Gasteiger partial charge is 0.337 e. The van der Waals surface area contributed by atoms with Gasteiger partial charge in [-0.3, -0.25) is 0 Å². The molecule has 2 aromatic heterocycles. The Hall–Kier alpha value is -3.37. The third kappa shape index (κ3) is 4.99. The zero-order valence-corrected chi connectivity index (χ0v) is 23.0. The average Bonchev–Trinajstić information content (AvgIpc) is 3.65. The third-order valence-electron chi connectivity index (χ3n) is 7.06. The fraction of sp³-hybridized carbons (Fsp3) is 0.250. The van der Waals surface area contributed by atoms with Crippen LogP contribution in [0.3, 0.4) is 0 Å². The minimum absolute atomic E-state index is 0.0838. The molecule has 1 aliphatic carbocycles. The van der Waals surface area contributed by atoms with Gasteiger partial charge in [-0.15, -0.1) is 0 Å². The molecule has 8 nitrogen and oxygen atoms in total. The van der Waals surface area contributed by atoms with Gasteiger partial charge in [0, 0.05) is 23.2 Å². The summed E-state index contributed by atoms with van der Waals surface area (Å²) in [7, 11) is 0. The van der Waals surface area contributed by atoms with Gasteiger partial charge in [-0.2, -0.15) is 0 Å². The quantitative estimate of drug-likeness (QED) is 0.229. The molecule has 2 N–H and O–H groups in total. The number of rotatable bonds is 8. The minimum Gasteiger partial charge on any atom is -0.489 e. The van der Waals surface area contributed by atoms with Crippen LogP contribution in [0.4, 0.5) is 10.2 Å². The van der Waals surface area contributed by atoms with Crippen LogP contribution in [-0.4, -0.2) is 39.4 Å². The molecule has 1 saturated carbocycles. The fourth-order valence-electron chi connectivity index (χ4n) is 4.83. The molecule has 0 amide bonds. The molecule has 206 valence electrons. The second-order valence-corrected chi connectivity index (χ2v) is 11.1. The maximum atomic E-state index is 13.8. The van der Waals surface area contributed by atoms with E-state index in [9.17, 15) is 14.3 Å². The Labute approximate surface area is 242 Å². The van der Waals surface area contributed by atoms with Gasteiger partial charge in [-0.05, 0) is 49.2 Å². The van der Waals surface area contributed by atoms with Crippen molar-refractivity contribution >= 4 is 46.6 Å². The Morgan fingerprint density at radius 2 is 1.82 bits per heavy atom. The van der Waals surface area contributed by atoms with E-state index >= 15 is 0 Å². The van der Waals surface area contributed by atoms with Gasteiger partial charge >= 0.3 is 5.97 Å². The number of anilines is 1. The summed E-state index contributed by atoms with van der Waals surface area (Å²) in [6, 6.07) is 10.5. The van der Waals surface area contributed by atoms with Gasteiger partial charge in [0.15, 0.2) is 0 Å². The highest BCUT2D eigenvalue weighted by Gasteiger charge is 2.44. The van der Waals surface area contributed by atoms with E-state index < -0.39 is 17.4 Å². The van der Waals surface area contributed by atoms with Crippen molar-refractivity contribution in [3.8, 4) is 17.0 Å². The summed E-state index contributed by atoms with van der Waals surface area (Å²) in [6.45, 7) is 0.557. The first-order valence-electron chi connectivity index (χ1n) is 12.4. The number of aliphatic hydroxyl groups is 1. The molecule has 0 radical (unpaired) electrons. The molecule has 2 fully saturated rings. The number of carboxylic acid groups (broad SMARTS) is 1. The van der Waals surface area contributed by atoms with Gasteiger partial charge in [0.2, 0.25) is 0 Å². The predicted molar refractivity (Wildman–Crippen MR) is 147 cm³/mol. The van der Waals surface area contributed by atoms with Gasteiger partial charge in [0.25, 0.3) is 0 Å². The molecule has 4 aromatic rings. The molecule has 2 aliphatic rings. The van der Waals surface area contributed by atoms with Crippen LogP contribution >= 0.6 is 34.8 Å². The number of carboxylic acids is 1. The second-order valence-electron chi connectivity index (χ2n) is 9.92. The normalized spacial score (nSPS) is 16.1. The monoisotopic (exact) mass is 603 g/mol. The number of β-amino-alcohol motifs (C(OH)–C–C–N with tert-alkyl or cyclic N) is 1. The van der Waals surface area contributed by atoms with Crippen LogP contribution in [0.2, 0.25) is 15.1 Å². The van der Waals surface area contributed by atoms with Crippen molar-refractivity contribution in [3.05, 3.63) is 92.0 Å². The fourth-order valence-corrected chi connectivity index (χ4v) is 5.81. The van der Waals surface area contributed by atoms with Crippen LogP contribution in [0.15, 0.2) is 53.2 Å². The number of benzene rings is 2. The zero-order chi connectivity index (χ0) is 28.2. The van der Waals surface area contributed by atoms with Crippen molar-refractivity contribution in [1.82, 2.24) is 10.1 Å². The van der Waals surface area contributed by atoms with E-state index in [-0.39, 0.29) is 41.2 Å². The van der Waals surface area contributed by atoms with Crippen molar-refractivity contribution in [2.75, 3.05) is 18.0 Å². The van der Waals surface area contributed by atoms with Crippen LogP contribution in [0, 0.1) is 5.82 Å². The van der Waals surface area contributed by atoms with Crippen molar-refractivity contribution in [3.63, 3.8) is 0 Å². The van der Waals surface area contributed by atoms with Gasteiger partial charge in [0.05, 0.1) is 39.3 Å². The molecule has 40 heavy (non-hydrogen) atoms. The van der Waals surface area contributed by atoms with Crippen molar-refractivity contribution < 1.29 is 28.7 Å². The molecule has 0 atom stereocenters.